The van der Waals surface area contributed by atoms with Crippen LogP contribution in [0, 0.1) is 6.92 Å². The van der Waals surface area contributed by atoms with Gasteiger partial charge in [-0.1, -0.05) is 18.2 Å². The third-order valence-electron chi connectivity index (χ3n) is 4.85. The van der Waals surface area contributed by atoms with Gasteiger partial charge in [0.1, 0.15) is 5.75 Å². The maximum Gasteiger partial charge on any atom is 0.573 e. The van der Waals surface area contributed by atoms with Gasteiger partial charge in [0.15, 0.2) is 0 Å². The van der Waals surface area contributed by atoms with Gasteiger partial charge < -0.3 is 20.3 Å². The molecule has 3 rings (SSSR count). The summed E-state index contributed by atoms with van der Waals surface area (Å²) in [5.41, 5.74) is 2.51. The molecule has 2 aromatic carbocycles. The molecule has 0 aliphatic carbocycles. The fourth-order valence-corrected chi connectivity index (χ4v) is 3.53. The second kappa shape index (κ2) is 9.80. The largest absolute Gasteiger partial charge is 0.573 e. The van der Waals surface area contributed by atoms with Crippen LogP contribution in [0.2, 0.25) is 0 Å². The highest BCUT2D eigenvalue weighted by molar-refractivity contribution is 6.00. The van der Waals surface area contributed by atoms with E-state index in [4.69, 9.17) is 0 Å². The Bertz CT molecular complexity index is 981. The number of carbonyl (C=O) groups is 2. The summed E-state index contributed by atoms with van der Waals surface area (Å²) in [6.07, 6.45) is -4.12. The van der Waals surface area contributed by atoms with Crippen molar-refractivity contribution in [2.45, 2.75) is 33.2 Å². The number of anilines is 2. The van der Waals surface area contributed by atoms with E-state index in [1.165, 1.54) is 18.2 Å². The first-order chi connectivity index (χ1) is 15.2. The number of nitrogens with one attached hydrogen (secondary N) is 2. The molecule has 4 amide bonds. The maximum atomic E-state index is 13.2. The van der Waals surface area contributed by atoms with E-state index in [0.717, 1.165) is 5.56 Å². The van der Waals surface area contributed by atoms with E-state index < -0.39 is 6.36 Å². The first kappa shape index (κ1) is 23.2. The van der Waals surface area contributed by atoms with Crippen molar-refractivity contribution in [1.29, 1.82) is 0 Å². The van der Waals surface area contributed by atoms with E-state index >= 15 is 0 Å². The molecule has 0 unspecified atom stereocenters. The van der Waals surface area contributed by atoms with Crippen molar-refractivity contribution in [3.05, 3.63) is 53.6 Å². The third-order valence-corrected chi connectivity index (χ3v) is 4.85. The van der Waals surface area contributed by atoms with Crippen LogP contribution >= 0.6 is 0 Å². The summed E-state index contributed by atoms with van der Waals surface area (Å²) in [5, 5.41) is 5.44. The Morgan fingerprint density at radius 3 is 2.66 bits per heavy atom. The molecule has 2 N–H and O–H groups in total. The highest BCUT2D eigenvalue weighted by Crippen LogP contribution is 2.31. The van der Waals surface area contributed by atoms with E-state index in [9.17, 15) is 22.8 Å². The van der Waals surface area contributed by atoms with E-state index in [1.54, 1.807) is 34.9 Å². The molecule has 1 aliphatic rings. The Hall–Kier alpha value is -3.43. The second-order valence-electron chi connectivity index (χ2n) is 7.41. The fourth-order valence-electron chi connectivity index (χ4n) is 3.53. The van der Waals surface area contributed by atoms with Gasteiger partial charge in [0.2, 0.25) is 0 Å². The number of halogens is 3. The van der Waals surface area contributed by atoms with Crippen molar-refractivity contribution in [2.24, 2.45) is 0 Å². The number of alkyl halides is 3. The van der Waals surface area contributed by atoms with Crippen LogP contribution in [0.3, 0.4) is 0 Å². The smallest absolute Gasteiger partial charge is 0.406 e. The highest BCUT2D eigenvalue weighted by atomic mass is 19.4. The molecule has 1 aliphatic heterocycles. The van der Waals surface area contributed by atoms with E-state index in [-0.39, 0.29) is 24.4 Å². The Balaban J connectivity index is 1.79. The number of benzene rings is 2. The molecule has 10 heteroatoms. The molecule has 1 fully saturated rings. The number of aryl methyl sites for hydroxylation is 1. The van der Waals surface area contributed by atoms with Crippen LogP contribution in [0.4, 0.5) is 34.1 Å². The number of hydrogen-bond acceptors (Lipinski definition) is 3. The van der Waals surface area contributed by atoms with Gasteiger partial charge in [-0.2, -0.15) is 0 Å². The van der Waals surface area contributed by atoms with Crippen molar-refractivity contribution >= 4 is 23.4 Å². The monoisotopic (exact) mass is 450 g/mol. The zero-order valence-corrected chi connectivity index (χ0v) is 17.8. The molecule has 0 atom stereocenters. The zero-order chi connectivity index (χ0) is 23.3. The van der Waals surface area contributed by atoms with Crippen molar-refractivity contribution in [2.75, 3.05) is 29.9 Å². The Morgan fingerprint density at radius 1 is 1.16 bits per heavy atom. The Kier molecular flexibility index (Phi) is 7.12. The van der Waals surface area contributed by atoms with Gasteiger partial charge in [-0.3, -0.25) is 4.90 Å². The van der Waals surface area contributed by atoms with E-state index in [0.29, 0.717) is 43.0 Å². The summed E-state index contributed by atoms with van der Waals surface area (Å²) in [7, 11) is 0. The van der Waals surface area contributed by atoms with Gasteiger partial charge in [0, 0.05) is 26.2 Å². The normalized spacial score (nSPS) is 14.3. The second-order valence-corrected chi connectivity index (χ2v) is 7.41. The van der Waals surface area contributed by atoms with Gasteiger partial charge >= 0.3 is 18.4 Å². The molecular weight excluding hydrogens is 425 g/mol. The van der Waals surface area contributed by atoms with Crippen molar-refractivity contribution in [3.8, 4) is 5.75 Å². The number of nitrogens with zero attached hydrogens (tertiary/aromatic N) is 2. The molecule has 0 bridgehead atoms. The predicted octanol–water partition coefficient (Wildman–Crippen LogP) is 4.87. The SMILES string of the molecule is CCNC(=O)Nc1cc(C)ccc1N1CCCN(Cc2cccc(OC(F)(F)F)c2)C1=O. The van der Waals surface area contributed by atoms with Crippen molar-refractivity contribution in [1.82, 2.24) is 10.2 Å². The van der Waals surface area contributed by atoms with Crippen LogP contribution in [0.5, 0.6) is 5.75 Å². The summed E-state index contributed by atoms with van der Waals surface area (Å²) in [5.74, 6) is -0.330. The molecule has 0 radical (unpaired) electrons. The lowest BCUT2D eigenvalue weighted by atomic mass is 10.1. The lowest BCUT2D eigenvalue weighted by Crippen LogP contribution is -2.49. The van der Waals surface area contributed by atoms with Crippen LogP contribution in [-0.4, -0.2) is 43.0 Å². The van der Waals surface area contributed by atoms with Crippen LogP contribution in [-0.2, 0) is 6.54 Å². The van der Waals surface area contributed by atoms with Gasteiger partial charge in [-0.15, -0.1) is 13.2 Å². The average Bonchev–Trinajstić information content (AvgIpc) is 2.69. The summed E-state index contributed by atoms with van der Waals surface area (Å²) >= 11 is 0. The van der Waals surface area contributed by atoms with Crippen LogP contribution in [0.15, 0.2) is 42.5 Å². The predicted molar refractivity (Wildman–Crippen MR) is 115 cm³/mol. The minimum absolute atomic E-state index is 0.134. The summed E-state index contributed by atoms with van der Waals surface area (Å²) in [6, 6.07) is 10.3. The lowest BCUT2D eigenvalue weighted by Gasteiger charge is -2.36. The van der Waals surface area contributed by atoms with Gasteiger partial charge in [0.25, 0.3) is 0 Å². The Labute approximate surface area is 184 Å². The summed E-state index contributed by atoms with van der Waals surface area (Å²) in [4.78, 5) is 28.4. The van der Waals surface area contributed by atoms with Gasteiger partial charge in [0.05, 0.1) is 11.4 Å². The topological polar surface area (TPSA) is 73.9 Å². The minimum atomic E-state index is -4.78. The quantitative estimate of drug-likeness (QED) is 0.660. The molecule has 7 nitrogen and oxygen atoms in total. The first-order valence-electron chi connectivity index (χ1n) is 10.2. The number of urea groups is 2. The molecule has 1 saturated heterocycles. The highest BCUT2D eigenvalue weighted by Gasteiger charge is 2.32. The first-order valence-corrected chi connectivity index (χ1v) is 10.2. The van der Waals surface area contributed by atoms with Crippen LogP contribution < -0.4 is 20.3 Å². The number of rotatable bonds is 6. The minimum Gasteiger partial charge on any atom is -0.406 e. The molecule has 0 saturated carbocycles. The van der Waals surface area contributed by atoms with Crippen LogP contribution in [0.1, 0.15) is 24.5 Å². The Morgan fingerprint density at radius 2 is 1.94 bits per heavy atom. The van der Waals surface area contributed by atoms with Gasteiger partial charge in [-0.05, 0) is 55.7 Å². The summed E-state index contributed by atoms with van der Waals surface area (Å²) in [6.45, 7) is 5.20. The van der Waals surface area contributed by atoms with Gasteiger partial charge in [-0.25, -0.2) is 9.59 Å². The van der Waals surface area contributed by atoms with Crippen LogP contribution in [0.25, 0.3) is 0 Å². The molecule has 172 valence electrons. The zero-order valence-electron chi connectivity index (χ0n) is 17.8. The third kappa shape index (κ3) is 6.05. The fraction of sp³-hybridized carbons (Fsp3) is 0.364. The molecule has 32 heavy (non-hydrogen) atoms. The molecule has 0 spiro atoms. The number of carbonyl (C=O) groups excluding carboxylic acids is 2. The standard InChI is InChI=1S/C22H25F3N4O3/c1-3-26-20(30)27-18-12-15(2)8-9-19(18)29-11-5-10-28(21(29)31)14-16-6-4-7-17(13-16)32-22(23,24)25/h4,6-9,12-13H,3,5,10-11,14H2,1-2H3,(H2,26,27,30). The number of ether oxygens (including phenoxy) is 1. The van der Waals surface area contributed by atoms with E-state index in [2.05, 4.69) is 15.4 Å². The molecule has 0 aromatic heterocycles. The number of hydrogen-bond donors (Lipinski definition) is 2. The molecule has 1 heterocycles. The van der Waals surface area contributed by atoms with Crippen molar-refractivity contribution in [3.63, 3.8) is 0 Å². The van der Waals surface area contributed by atoms with E-state index in [1.807, 2.05) is 13.0 Å². The lowest BCUT2D eigenvalue weighted by molar-refractivity contribution is -0.274. The summed E-state index contributed by atoms with van der Waals surface area (Å²) < 4.78 is 41.5. The maximum absolute atomic E-state index is 13.2. The molecular formula is C22H25F3N4O3. The van der Waals surface area contributed by atoms with Crippen molar-refractivity contribution < 1.29 is 27.5 Å². The average molecular weight is 450 g/mol. The number of amides is 4. The molecule has 2 aromatic rings.